The maximum Gasteiger partial charge on any atom is 0.311 e. The summed E-state index contributed by atoms with van der Waals surface area (Å²) in [5.74, 6) is -1.01. The Kier molecular flexibility index (Phi) is 5.72. The Morgan fingerprint density at radius 1 is 1.10 bits per heavy atom. The van der Waals surface area contributed by atoms with Crippen LogP contribution in [0, 0.1) is 5.41 Å². The monoisotopic (exact) mass is 304 g/mol. The van der Waals surface area contributed by atoms with Crippen LogP contribution in [0.4, 0.5) is 0 Å². The summed E-state index contributed by atoms with van der Waals surface area (Å²) < 4.78 is 21.0. The molecule has 7 nitrogen and oxygen atoms in total. The van der Waals surface area contributed by atoms with Crippen LogP contribution in [0.5, 0.6) is 0 Å². The third kappa shape index (κ3) is 4.39. The third-order valence-electron chi connectivity index (χ3n) is 3.18. The van der Waals surface area contributed by atoms with E-state index in [0.717, 1.165) is 0 Å². The molecule has 21 heavy (non-hydrogen) atoms. The lowest BCUT2D eigenvalue weighted by molar-refractivity contribution is -0.291. The molecule has 1 N–H and O–H groups in total. The maximum absolute atomic E-state index is 12.0. The highest BCUT2D eigenvalue weighted by Crippen LogP contribution is 2.28. The van der Waals surface area contributed by atoms with E-state index in [1.807, 2.05) is 0 Å². The molecule has 0 unspecified atom stereocenters. The summed E-state index contributed by atoms with van der Waals surface area (Å²) in [6.45, 7) is 7.99. The van der Waals surface area contributed by atoms with Gasteiger partial charge in [0.1, 0.15) is 6.10 Å². The molecule has 0 aliphatic carbocycles. The van der Waals surface area contributed by atoms with E-state index >= 15 is 0 Å². The Bertz CT molecular complexity index is 387. The van der Waals surface area contributed by atoms with Crippen molar-refractivity contribution in [2.45, 2.75) is 65.3 Å². The van der Waals surface area contributed by atoms with E-state index in [1.54, 1.807) is 27.7 Å². The molecular formula is C14H24O7. The lowest BCUT2D eigenvalue weighted by atomic mass is 9.95. The molecule has 1 fully saturated rings. The fourth-order valence-corrected chi connectivity index (χ4v) is 2.04. The fourth-order valence-electron chi connectivity index (χ4n) is 2.04. The van der Waals surface area contributed by atoms with Gasteiger partial charge in [-0.3, -0.25) is 9.59 Å². The van der Waals surface area contributed by atoms with Crippen LogP contribution in [0.25, 0.3) is 0 Å². The molecule has 122 valence electrons. The van der Waals surface area contributed by atoms with Gasteiger partial charge in [0.2, 0.25) is 0 Å². The number of aliphatic hydroxyl groups is 1. The van der Waals surface area contributed by atoms with Crippen LogP contribution in [0.2, 0.25) is 0 Å². The zero-order valence-electron chi connectivity index (χ0n) is 13.3. The van der Waals surface area contributed by atoms with Gasteiger partial charge in [0.15, 0.2) is 18.5 Å². The van der Waals surface area contributed by atoms with Crippen molar-refractivity contribution in [3.8, 4) is 0 Å². The minimum Gasteiger partial charge on any atom is -0.457 e. The van der Waals surface area contributed by atoms with Crippen molar-refractivity contribution in [2.75, 3.05) is 7.11 Å². The number of methoxy groups -OCH3 is 1. The molecule has 0 saturated carbocycles. The van der Waals surface area contributed by atoms with Crippen LogP contribution < -0.4 is 0 Å². The number of carbonyl (C=O) groups excluding carboxylic acids is 2. The summed E-state index contributed by atoms with van der Waals surface area (Å²) in [7, 11) is 1.39. The number of hydrogen-bond acceptors (Lipinski definition) is 7. The summed E-state index contributed by atoms with van der Waals surface area (Å²) >= 11 is 0. The molecule has 1 aliphatic rings. The molecule has 0 aromatic carbocycles. The molecule has 1 saturated heterocycles. The van der Waals surface area contributed by atoms with Gasteiger partial charge >= 0.3 is 11.9 Å². The van der Waals surface area contributed by atoms with Crippen molar-refractivity contribution in [2.24, 2.45) is 5.41 Å². The molecule has 5 atom stereocenters. The van der Waals surface area contributed by atoms with E-state index in [-0.39, 0.29) is 0 Å². The summed E-state index contributed by atoms with van der Waals surface area (Å²) in [6.07, 6.45) is -4.57. The van der Waals surface area contributed by atoms with Gasteiger partial charge in [0.25, 0.3) is 0 Å². The maximum atomic E-state index is 12.0. The number of rotatable bonds is 3. The molecule has 0 aromatic rings. The van der Waals surface area contributed by atoms with Crippen molar-refractivity contribution in [1.82, 2.24) is 0 Å². The molecular weight excluding hydrogens is 280 g/mol. The number of esters is 2. The van der Waals surface area contributed by atoms with Crippen molar-refractivity contribution in [3.05, 3.63) is 0 Å². The summed E-state index contributed by atoms with van der Waals surface area (Å²) in [5, 5.41) is 9.99. The first-order chi connectivity index (χ1) is 9.57. The van der Waals surface area contributed by atoms with E-state index in [4.69, 9.17) is 18.9 Å². The van der Waals surface area contributed by atoms with Gasteiger partial charge in [-0.25, -0.2) is 0 Å². The van der Waals surface area contributed by atoms with Crippen LogP contribution in [0.1, 0.15) is 34.6 Å². The largest absolute Gasteiger partial charge is 0.457 e. The van der Waals surface area contributed by atoms with Crippen LogP contribution in [0.3, 0.4) is 0 Å². The first-order valence-electron chi connectivity index (χ1n) is 6.82. The second-order valence-corrected chi connectivity index (χ2v) is 6.13. The summed E-state index contributed by atoms with van der Waals surface area (Å²) in [4.78, 5) is 23.2. The van der Waals surface area contributed by atoms with E-state index in [1.165, 1.54) is 14.0 Å². The summed E-state index contributed by atoms with van der Waals surface area (Å²) in [5.41, 5.74) is -0.738. The number of hydrogen-bond donors (Lipinski definition) is 1. The second-order valence-electron chi connectivity index (χ2n) is 6.13. The minimum absolute atomic E-state index is 0.505. The Morgan fingerprint density at radius 2 is 1.67 bits per heavy atom. The predicted octanol–water partition coefficient (Wildman–Crippen LogP) is 0.628. The van der Waals surface area contributed by atoms with E-state index < -0.39 is 48.1 Å². The number of aliphatic hydroxyl groups excluding tert-OH is 1. The molecule has 1 aliphatic heterocycles. The Hall–Kier alpha value is -1.18. The Morgan fingerprint density at radius 3 is 2.10 bits per heavy atom. The van der Waals surface area contributed by atoms with Gasteiger partial charge in [-0.2, -0.15) is 0 Å². The summed E-state index contributed by atoms with van der Waals surface area (Å²) in [6, 6.07) is 0. The Balaban J connectivity index is 2.94. The standard InChI is InChI=1S/C14H24O7/c1-7-9(20-8(2)15)10(18-6)11(12(16)19-7)21-13(17)14(3,4)5/h7,9-12,16H,1-6H3/t7-,9-,10+,11+,12+/m0/s1. The lowest BCUT2D eigenvalue weighted by Gasteiger charge is -2.42. The van der Waals surface area contributed by atoms with Crippen LogP contribution in [-0.4, -0.2) is 54.9 Å². The van der Waals surface area contributed by atoms with Gasteiger partial charge in [-0.15, -0.1) is 0 Å². The Labute approximate surface area is 124 Å². The van der Waals surface area contributed by atoms with Gasteiger partial charge in [0.05, 0.1) is 11.5 Å². The topological polar surface area (TPSA) is 91.3 Å². The fraction of sp³-hybridized carbons (Fsp3) is 0.857. The van der Waals surface area contributed by atoms with Crippen LogP contribution in [0.15, 0.2) is 0 Å². The number of carbonyl (C=O) groups is 2. The molecule has 0 radical (unpaired) electrons. The highest BCUT2D eigenvalue weighted by Gasteiger charge is 2.48. The van der Waals surface area contributed by atoms with E-state index in [0.29, 0.717) is 0 Å². The zero-order valence-corrected chi connectivity index (χ0v) is 13.3. The van der Waals surface area contributed by atoms with Crippen molar-refractivity contribution >= 4 is 11.9 Å². The quantitative estimate of drug-likeness (QED) is 0.764. The van der Waals surface area contributed by atoms with Crippen molar-refractivity contribution in [1.29, 1.82) is 0 Å². The van der Waals surface area contributed by atoms with Crippen molar-refractivity contribution in [3.63, 3.8) is 0 Å². The molecule has 1 heterocycles. The average molecular weight is 304 g/mol. The molecule has 0 amide bonds. The number of ether oxygens (including phenoxy) is 4. The molecule has 7 heteroatoms. The highest BCUT2D eigenvalue weighted by atomic mass is 16.7. The second kappa shape index (κ2) is 6.72. The lowest BCUT2D eigenvalue weighted by Crippen LogP contribution is -2.60. The smallest absolute Gasteiger partial charge is 0.311 e. The van der Waals surface area contributed by atoms with Gasteiger partial charge < -0.3 is 24.1 Å². The minimum atomic E-state index is -1.34. The van der Waals surface area contributed by atoms with Crippen LogP contribution in [-0.2, 0) is 28.5 Å². The van der Waals surface area contributed by atoms with Gasteiger partial charge in [0, 0.05) is 14.0 Å². The normalized spacial score (nSPS) is 33.4. The van der Waals surface area contributed by atoms with Crippen LogP contribution >= 0.6 is 0 Å². The van der Waals surface area contributed by atoms with Gasteiger partial charge in [-0.1, -0.05) is 0 Å². The molecule has 0 spiro atoms. The van der Waals surface area contributed by atoms with Gasteiger partial charge in [-0.05, 0) is 27.7 Å². The van der Waals surface area contributed by atoms with E-state index in [2.05, 4.69) is 0 Å². The van der Waals surface area contributed by atoms with E-state index in [9.17, 15) is 14.7 Å². The first-order valence-corrected chi connectivity index (χ1v) is 6.82. The molecule has 1 rings (SSSR count). The zero-order chi connectivity index (χ0) is 16.4. The SMILES string of the molecule is CO[C@@H]1[C@@H](OC(C)=O)[C@H](C)O[C@@H](O)[C@@H]1OC(=O)C(C)(C)C. The first kappa shape index (κ1) is 17.9. The average Bonchev–Trinajstić information content (AvgIpc) is 2.33. The third-order valence-corrected chi connectivity index (χ3v) is 3.18. The van der Waals surface area contributed by atoms with Crippen molar-refractivity contribution < 1.29 is 33.6 Å². The predicted molar refractivity (Wildman–Crippen MR) is 72.2 cm³/mol. The molecule has 0 bridgehead atoms. The molecule has 0 aromatic heterocycles. The highest BCUT2D eigenvalue weighted by molar-refractivity contribution is 5.75.